The second kappa shape index (κ2) is 7.97. The summed E-state index contributed by atoms with van der Waals surface area (Å²) in [6.07, 6.45) is 6.11. The largest absolute Gasteiger partial charge is 0.497 e. The standard InChI is InChI=1S/C18H23N3O3/c1-23-14-7-5-13(6-8-14)17-16(12-20-21-17)18(22)19-10-9-15-4-2-3-11-24-15/h5-8,12,15H,2-4,9-11H2,1H3,(H,19,22)(H,20,21)/t15-/m1/s1. The Bertz CT molecular complexity index is 660. The van der Waals surface area contributed by atoms with Crippen molar-refractivity contribution in [1.29, 1.82) is 0 Å². The zero-order valence-corrected chi connectivity index (χ0v) is 13.9. The van der Waals surface area contributed by atoms with Gasteiger partial charge in [-0.15, -0.1) is 0 Å². The number of nitrogens with one attached hydrogen (secondary N) is 2. The van der Waals surface area contributed by atoms with Crippen LogP contribution in [-0.2, 0) is 4.74 Å². The quantitative estimate of drug-likeness (QED) is 0.854. The Hall–Kier alpha value is -2.34. The van der Waals surface area contributed by atoms with Gasteiger partial charge in [0, 0.05) is 18.7 Å². The van der Waals surface area contributed by atoms with E-state index in [1.54, 1.807) is 13.3 Å². The SMILES string of the molecule is COc1ccc(-c2[nH]ncc2C(=O)NCC[C@H]2CCCCO2)cc1. The number of nitrogens with zero attached hydrogens (tertiary/aromatic N) is 1. The van der Waals surface area contributed by atoms with E-state index < -0.39 is 0 Å². The van der Waals surface area contributed by atoms with Crippen molar-refractivity contribution >= 4 is 5.91 Å². The first-order chi connectivity index (χ1) is 11.8. The van der Waals surface area contributed by atoms with Crippen LogP contribution < -0.4 is 10.1 Å². The summed E-state index contributed by atoms with van der Waals surface area (Å²) in [6.45, 7) is 1.44. The van der Waals surface area contributed by atoms with Crippen molar-refractivity contribution in [2.45, 2.75) is 31.8 Å². The minimum absolute atomic E-state index is 0.120. The van der Waals surface area contributed by atoms with Crippen LogP contribution in [0.3, 0.4) is 0 Å². The van der Waals surface area contributed by atoms with Gasteiger partial charge in [-0.05, 0) is 49.9 Å². The number of aromatic nitrogens is 2. The third kappa shape index (κ3) is 3.94. The molecule has 6 nitrogen and oxygen atoms in total. The average Bonchev–Trinajstić information content (AvgIpc) is 3.12. The number of rotatable bonds is 6. The highest BCUT2D eigenvalue weighted by atomic mass is 16.5. The summed E-state index contributed by atoms with van der Waals surface area (Å²) in [5.41, 5.74) is 2.16. The molecule has 1 aliphatic rings. The number of hydrogen-bond acceptors (Lipinski definition) is 4. The maximum Gasteiger partial charge on any atom is 0.255 e. The first-order valence-corrected chi connectivity index (χ1v) is 8.35. The van der Waals surface area contributed by atoms with Gasteiger partial charge in [-0.3, -0.25) is 9.89 Å². The summed E-state index contributed by atoms with van der Waals surface area (Å²) >= 11 is 0. The summed E-state index contributed by atoms with van der Waals surface area (Å²) < 4.78 is 10.8. The van der Waals surface area contributed by atoms with E-state index in [1.807, 2.05) is 24.3 Å². The molecule has 0 aliphatic carbocycles. The predicted octanol–water partition coefficient (Wildman–Crippen LogP) is 2.77. The molecule has 1 amide bonds. The van der Waals surface area contributed by atoms with E-state index >= 15 is 0 Å². The van der Waals surface area contributed by atoms with E-state index in [-0.39, 0.29) is 12.0 Å². The van der Waals surface area contributed by atoms with Gasteiger partial charge >= 0.3 is 0 Å². The lowest BCUT2D eigenvalue weighted by Gasteiger charge is -2.22. The van der Waals surface area contributed by atoms with Crippen LogP contribution in [0.4, 0.5) is 0 Å². The van der Waals surface area contributed by atoms with Crippen molar-refractivity contribution in [3.63, 3.8) is 0 Å². The maximum absolute atomic E-state index is 12.4. The lowest BCUT2D eigenvalue weighted by atomic mass is 10.1. The molecule has 128 valence electrons. The Morgan fingerprint density at radius 3 is 2.92 bits per heavy atom. The number of aromatic amines is 1. The van der Waals surface area contributed by atoms with Crippen LogP contribution in [0.2, 0.25) is 0 Å². The van der Waals surface area contributed by atoms with Gasteiger partial charge in [0.05, 0.1) is 30.7 Å². The molecule has 1 atom stereocenters. The smallest absolute Gasteiger partial charge is 0.255 e. The first-order valence-electron chi connectivity index (χ1n) is 8.35. The van der Waals surface area contributed by atoms with Crippen LogP contribution in [-0.4, -0.2) is 42.5 Å². The zero-order valence-electron chi connectivity index (χ0n) is 13.9. The third-order valence-corrected chi connectivity index (χ3v) is 4.29. The fraction of sp³-hybridized carbons (Fsp3) is 0.444. The van der Waals surface area contributed by atoms with Crippen molar-refractivity contribution in [1.82, 2.24) is 15.5 Å². The maximum atomic E-state index is 12.4. The van der Waals surface area contributed by atoms with Crippen molar-refractivity contribution < 1.29 is 14.3 Å². The fourth-order valence-corrected chi connectivity index (χ4v) is 2.91. The lowest BCUT2D eigenvalue weighted by Crippen LogP contribution is -2.29. The summed E-state index contributed by atoms with van der Waals surface area (Å²) in [5, 5.41) is 9.88. The van der Waals surface area contributed by atoms with Crippen molar-refractivity contribution in [3.05, 3.63) is 36.0 Å². The van der Waals surface area contributed by atoms with Crippen molar-refractivity contribution in [2.24, 2.45) is 0 Å². The molecule has 0 spiro atoms. The number of hydrogen-bond donors (Lipinski definition) is 2. The highest BCUT2D eigenvalue weighted by molar-refractivity contribution is 5.99. The molecule has 2 heterocycles. The van der Waals surface area contributed by atoms with Crippen LogP contribution in [0, 0.1) is 0 Å². The summed E-state index contributed by atoms with van der Waals surface area (Å²) in [4.78, 5) is 12.4. The number of ether oxygens (including phenoxy) is 2. The molecule has 2 N–H and O–H groups in total. The Labute approximate surface area is 141 Å². The fourth-order valence-electron chi connectivity index (χ4n) is 2.91. The average molecular weight is 329 g/mol. The molecule has 0 saturated carbocycles. The van der Waals surface area contributed by atoms with E-state index in [2.05, 4.69) is 15.5 Å². The molecule has 0 bridgehead atoms. The van der Waals surface area contributed by atoms with Gasteiger partial charge in [-0.1, -0.05) is 0 Å². The second-order valence-corrected chi connectivity index (χ2v) is 5.92. The molecule has 1 aliphatic heterocycles. The molecular formula is C18H23N3O3. The first kappa shape index (κ1) is 16.5. The number of methoxy groups -OCH3 is 1. The van der Waals surface area contributed by atoms with Crippen molar-refractivity contribution in [2.75, 3.05) is 20.3 Å². The molecule has 1 aromatic carbocycles. The van der Waals surface area contributed by atoms with E-state index in [4.69, 9.17) is 9.47 Å². The van der Waals surface area contributed by atoms with Crippen LogP contribution in [0.5, 0.6) is 5.75 Å². The predicted molar refractivity (Wildman–Crippen MR) is 91.1 cm³/mol. The normalized spacial score (nSPS) is 17.5. The second-order valence-electron chi connectivity index (χ2n) is 5.92. The molecule has 6 heteroatoms. The van der Waals surface area contributed by atoms with Gasteiger partial charge < -0.3 is 14.8 Å². The number of H-pyrrole nitrogens is 1. The monoisotopic (exact) mass is 329 g/mol. The van der Waals surface area contributed by atoms with Gasteiger partial charge in [0.1, 0.15) is 5.75 Å². The van der Waals surface area contributed by atoms with Gasteiger partial charge in [-0.25, -0.2) is 0 Å². The van der Waals surface area contributed by atoms with Gasteiger partial charge in [0.2, 0.25) is 0 Å². The molecular weight excluding hydrogens is 306 g/mol. The minimum atomic E-state index is -0.120. The molecule has 0 radical (unpaired) electrons. The Morgan fingerprint density at radius 1 is 1.38 bits per heavy atom. The van der Waals surface area contributed by atoms with E-state index in [0.717, 1.165) is 37.2 Å². The molecule has 1 aromatic heterocycles. The van der Waals surface area contributed by atoms with Gasteiger partial charge in [-0.2, -0.15) is 5.10 Å². The summed E-state index contributed by atoms with van der Waals surface area (Å²) in [7, 11) is 1.63. The molecule has 1 saturated heterocycles. The highest BCUT2D eigenvalue weighted by Gasteiger charge is 2.17. The van der Waals surface area contributed by atoms with Gasteiger partial charge in [0.25, 0.3) is 5.91 Å². The number of amides is 1. The van der Waals surface area contributed by atoms with Crippen molar-refractivity contribution in [3.8, 4) is 17.0 Å². The Balaban J connectivity index is 1.60. The summed E-state index contributed by atoms with van der Waals surface area (Å²) in [5.74, 6) is 0.655. The highest BCUT2D eigenvalue weighted by Crippen LogP contribution is 2.23. The molecule has 2 aromatic rings. The number of carbonyl (C=O) groups is 1. The summed E-state index contributed by atoms with van der Waals surface area (Å²) in [6, 6.07) is 7.52. The van der Waals surface area contributed by atoms with Crippen LogP contribution >= 0.6 is 0 Å². The lowest BCUT2D eigenvalue weighted by molar-refractivity contribution is 0.0117. The molecule has 1 fully saturated rings. The minimum Gasteiger partial charge on any atom is -0.497 e. The zero-order chi connectivity index (χ0) is 16.8. The van der Waals surface area contributed by atoms with E-state index in [1.165, 1.54) is 6.42 Å². The Kier molecular flexibility index (Phi) is 5.48. The molecule has 3 rings (SSSR count). The number of benzene rings is 1. The molecule has 24 heavy (non-hydrogen) atoms. The van der Waals surface area contributed by atoms with E-state index in [9.17, 15) is 4.79 Å². The van der Waals surface area contributed by atoms with Crippen LogP contribution in [0.1, 0.15) is 36.0 Å². The third-order valence-electron chi connectivity index (χ3n) is 4.29. The molecule has 0 unspecified atom stereocenters. The van der Waals surface area contributed by atoms with Crippen LogP contribution in [0.15, 0.2) is 30.5 Å². The van der Waals surface area contributed by atoms with Gasteiger partial charge in [0.15, 0.2) is 0 Å². The topological polar surface area (TPSA) is 76.2 Å². The van der Waals surface area contributed by atoms with E-state index in [0.29, 0.717) is 17.8 Å². The van der Waals surface area contributed by atoms with Crippen LogP contribution in [0.25, 0.3) is 11.3 Å². The Morgan fingerprint density at radius 2 is 2.21 bits per heavy atom. The number of carbonyl (C=O) groups excluding carboxylic acids is 1.